The van der Waals surface area contributed by atoms with Crippen molar-refractivity contribution in [1.82, 2.24) is 0 Å². The van der Waals surface area contributed by atoms with E-state index in [2.05, 4.69) is 50.3 Å². The zero-order chi connectivity index (χ0) is 46.2. The van der Waals surface area contributed by atoms with E-state index in [-0.39, 0.29) is 19.4 Å². The van der Waals surface area contributed by atoms with Crippen LogP contribution in [0.3, 0.4) is 0 Å². The summed E-state index contributed by atoms with van der Waals surface area (Å²) in [6.07, 6.45) is 52.7. The predicted molar refractivity (Wildman–Crippen MR) is 261 cm³/mol. The number of esters is 2. The van der Waals surface area contributed by atoms with Crippen molar-refractivity contribution in [3.05, 3.63) is 36.5 Å². The average molecular weight is 913 g/mol. The van der Waals surface area contributed by atoms with Gasteiger partial charge < -0.3 is 24.6 Å². The molecule has 0 bridgehead atoms. The first kappa shape index (κ1) is 61.2. The Morgan fingerprint density at radius 1 is 0.460 bits per heavy atom. The van der Waals surface area contributed by atoms with Crippen LogP contribution < -0.4 is 0 Å². The fraction of sp³-hybridized carbons (Fsp3) is 0.846. The Morgan fingerprint density at radius 3 is 1.24 bits per heavy atom. The SMILES string of the molecule is CCCCCCCC/C=C/CCCCCCCCCC(=O)O[C@@H](COC(=O)CCC/C=C/CC/C=C/CCCCCCCCCCCCCCCC)COP(=O)(O)OC[C@H](O)CO. The van der Waals surface area contributed by atoms with Gasteiger partial charge in [0.1, 0.15) is 12.7 Å². The molecule has 0 radical (unpaired) electrons. The monoisotopic (exact) mass is 913 g/mol. The highest BCUT2D eigenvalue weighted by atomic mass is 31.2. The number of aliphatic hydroxyl groups is 2. The van der Waals surface area contributed by atoms with E-state index in [0.717, 1.165) is 51.4 Å². The molecule has 370 valence electrons. The molecule has 0 aromatic heterocycles. The summed E-state index contributed by atoms with van der Waals surface area (Å²) >= 11 is 0. The molecule has 1 unspecified atom stereocenters. The molecule has 63 heavy (non-hydrogen) atoms. The fourth-order valence-electron chi connectivity index (χ4n) is 7.25. The van der Waals surface area contributed by atoms with E-state index in [1.54, 1.807) is 0 Å². The first-order valence-electron chi connectivity index (χ1n) is 25.9. The Labute approximate surface area is 386 Å². The molecule has 10 nitrogen and oxygen atoms in total. The van der Waals surface area contributed by atoms with Gasteiger partial charge >= 0.3 is 19.8 Å². The molecule has 3 N–H and O–H groups in total. The van der Waals surface area contributed by atoms with Crippen LogP contribution in [0.1, 0.15) is 245 Å². The number of carbonyl (C=O) groups excluding carboxylic acids is 2. The summed E-state index contributed by atoms with van der Waals surface area (Å²) in [6, 6.07) is 0. The van der Waals surface area contributed by atoms with Crippen molar-refractivity contribution in [1.29, 1.82) is 0 Å². The molecule has 0 aliphatic heterocycles. The lowest BCUT2D eigenvalue weighted by atomic mass is 10.0. The number of allylic oxidation sites excluding steroid dienone is 6. The molecule has 11 heteroatoms. The van der Waals surface area contributed by atoms with Gasteiger partial charge in [-0.1, -0.05) is 198 Å². The number of phosphoric ester groups is 1. The Hall–Kier alpha value is -1.81. The number of hydrogen-bond acceptors (Lipinski definition) is 9. The Morgan fingerprint density at radius 2 is 0.810 bits per heavy atom. The lowest BCUT2D eigenvalue weighted by Crippen LogP contribution is -2.29. The van der Waals surface area contributed by atoms with Crippen molar-refractivity contribution in [3.8, 4) is 0 Å². The van der Waals surface area contributed by atoms with E-state index in [4.69, 9.17) is 23.6 Å². The van der Waals surface area contributed by atoms with Crippen LogP contribution in [0.5, 0.6) is 0 Å². The summed E-state index contributed by atoms with van der Waals surface area (Å²) in [5.74, 6) is -0.971. The predicted octanol–water partition coefficient (Wildman–Crippen LogP) is 14.7. The van der Waals surface area contributed by atoms with Gasteiger partial charge in [0.15, 0.2) is 6.10 Å². The van der Waals surface area contributed by atoms with E-state index in [9.17, 15) is 24.2 Å². The molecule has 0 saturated carbocycles. The minimum atomic E-state index is -4.63. The fourth-order valence-corrected chi connectivity index (χ4v) is 8.03. The molecule has 0 heterocycles. The maximum absolute atomic E-state index is 12.7. The van der Waals surface area contributed by atoms with Gasteiger partial charge in [-0.25, -0.2) is 4.57 Å². The van der Waals surface area contributed by atoms with E-state index in [1.807, 2.05) is 0 Å². The van der Waals surface area contributed by atoms with Gasteiger partial charge in [0, 0.05) is 12.8 Å². The van der Waals surface area contributed by atoms with Crippen molar-refractivity contribution in [2.45, 2.75) is 257 Å². The van der Waals surface area contributed by atoms with Crippen molar-refractivity contribution in [2.75, 3.05) is 26.4 Å². The number of rotatable bonds is 49. The van der Waals surface area contributed by atoms with E-state index < -0.39 is 51.8 Å². The third-order valence-corrected chi connectivity index (χ3v) is 12.2. The molecule has 0 aromatic carbocycles. The average Bonchev–Trinajstić information content (AvgIpc) is 3.27. The molecule has 0 saturated heterocycles. The molecule has 0 amide bonds. The first-order chi connectivity index (χ1) is 30.7. The van der Waals surface area contributed by atoms with Gasteiger partial charge in [-0.2, -0.15) is 0 Å². The van der Waals surface area contributed by atoms with Crippen molar-refractivity contribution in [3.63, 3.8) is 0 Å². The van der Waals surface area contributed by atoms with Crippen LogP contribution in [0.4, 0.5) is 0 Å². The molecule has 0 aliphatic carbocycles. The maximum Gasteiger partial charge on any atom is 0.472 e. The van der Waals surface area contributed by atoms with Gasteiger partial charge in [-0.3, -0.25) is 18.6 Å². The summed E-state index contributed by atoms with van der Waals surface area (Å²) in [5.41, 5.74) is 0. The van der Waals surface area contributed by atoms with Crippen LogP contribution >= 0.6 is 7.82 Å². The summed E-state index contributed by atoms with van der Waals surface area (Å²) in [5, 5.41) is 18.4. The number of hydrogen-bond donors (Lipinski definition) is 3. The Kier molecular flexibility index (Phi) is 46.7. The van der Waals surface area contributed by atoms with Crippen LogP contribution in [-0.2, 0) is 32.7 Å². The smallest absolute Gasteiger partial charge is 0.462 e. The number of unbranched alkanes of at least 4 members (excludes halogenated alkanes) is 29. The Balaban J connectivity index is 4.21. The highest BCUT2D eigenvalue weighted by molar-refractivity contribution is 7.47. The van der Waals surface area contributed by atoms with Gasteiger partial charge in [0.25, 0.3) is 0 Å². The zero-order valence-corrected chi connectivity index (χ0v) is 41.4. The second-order valence-electron chi connectivity index (χ2n) is 17.5. The molecule has 0 spiro atoms. The molecule has 0 fully saturated rings. The van der Waals surface area contributed by atoms with Gasteiger partial charge in [-0.15, -0.1) is 0 Å². The quantitative estimate of drug-likeness (QED) is 0.0233. The second kappa shape index (κ2) is 48.1. The lowest BCUT2D eigenvalue weighted by Gasteiger charge is -2.20. The minimum Gasteiger partial charge on any atom is -0.462 e. The number of aliphatic hydroxyl groups excluding tert-OH is 2. The highest BCUT2D eigenvalue weighted by Gasteiger charge is 2.27. The van der Waals surface area contributed by atoms with Gasteiger partial charge in [-0.05, 0) is 70.6 Å². The number of ether oxygens (including phenoxy) is 2. The largest absolute Gasteiger partial charge is 0.472 e. The summed E-state index contributed by atoms with van der Waals surface area (Å²) < 4.78 is 32.8. The van der Waals surface area contributed by atoms with E-state index in [1.165, 1.54) is 154 Å². The van der Waals surface area contributed by atoms with Crippen LogP contribution in [-0.4, -0.2) is 65.7 Å². The molecule has 0 aliphatic rings. The van der Waals surface area contributed by atoms with Crippen molar-refractivity contribution < 1.29 is 47.8 Å². The molecular weight excluding hydrogens is 816 g/mol. The lowest BCUT2D eigenvalue weighted by molar-refractivity contribution is -0.161. The first-order valence-corrected chi connectivity index (χ1v) is 27.4. The molecule has 0 aromatic rings. The molecule has 0 rings (SSSR count). The molecular formula is C52H97O10P. The number of phosphoric acid groups is 1. The highest BCUT2D eigenvalue weighted by Crippen LogP contribution is 2.43. The minimum absolute atomic E-state index is 0.172. The van der Waals surface area contributed by atoms with Crippen LogP contribution in [0.2, 0.25) is 0 Å². The van der Waals surface area contributed by atoms with Crippen LogP contribution in [0.15, 0.2) is 36.5 Å². The second-order valence-corrected chi connectivity index (χ2v) is 19.0. The van der Waals surface area contributed by atoms with E-state index in [0.29, 0.717) is 12.8 Å². The van der Waals surface area contributed by atoms with Crippen molar-refractivity contribution in [2.24, 2.45) is 0 Å². The summed E-state index contributed by atoms with van der Waals surface area (Å²) in [7, 11) is -4.63. The zero-order valence-electron chi connectivity index (χ0n) is 40.5. The van der Waals surface area contributed by atoms with E-state index >= 15 is 0 Å². The Bertz CT molecular complexity index is 1140. The normalized spacial score (nSPS) is 13.9. The summed E-state index contributed by atoms with van der Waals surface area (Å²) in [6.45, 7) is 2.37. The topological polar surface area (TPSA) is 149 Å². The van der Waals surface area contributed by atoms with Crippen LogP contribution in [0, 0.1) is 0 Å². The maximum atomic E-state index is 12.7. The van der Waals surface area contributed by atoms with Crippen LogP contribution in [0.25, 0.3) is 0 Å². The number of carbonyl (C=O) groups is 2. The van der Waals surface area contributed by atoms with Gasteiger partial charge in [0.2, 0.25) is 0 Å². The standard InChI is InChI=1S/C52H97O10P/c1-3-5-7-9-11-13-15-17-19-21-22-23-24-25-26-28-29-31-33-35-37-39-41-43-51(55)59-47-50(48-61-63(57,58)60-46-49(54)45-53)62-52(56)44-42-40-38-36-34-32-30-27-20-18-16-14-12-10-8-6-4-2/h18,20,28-29,35,37,49-50,53-54H,3-17,19,21-27,30-34,36,38-48H2,1-2H3,(H,57,58)/b20-18+,29-28+,37-35+/t49-,50+/m1/s1. The van der Waals surface area contributed by atoms with Crippen molar-refractivity contribution >= 4 is 19.8 Å². The third-order valence-electron chi connectivity index (χ3n) is 11.2. The van der Waals surface area contributed by atoms with Gasteiger partial charge in [0.05, 0.1) is 19.8 Å². The third kappa shape index (κ3) is 48.0. The molecule has 3 atom stereocenters. The summed E-state index contributed by atoms with van der Waals surface area (Å²) in [4.78, 5) is 35.1.